The van der Waals surface area contributed by atoms with Gasteiger partial charge in [0, 0.05) is 24.0 Å². The Morgan fingerprint density at radius 1 is 0.688 bits per heavy atom. The molecular weight excluding hydrogens is 200 g/mol. The zero-order valence-corrected chi connectivity index (χ0v) is 11.1. The monoisotopic (exact) mass is 224 g/mol. The lowest BCUT2D eigenvalue weighted by Crippen LogP contribution is -2.11. The molecule has 0 heterocycles. The van der Waals surface area contributed by atoms with Gasteiger partial charge < -0.3 is 0 Å². The molecule has 0 aliphatic heterocycles. The van der Waals surface area contributed by atoms with Crippen LogP contribution in [0.25, 0.3) is 0 Å². The summed E-state index contributed by atoms with van der Waals surface area (Å²) in [4.78, 5) is 23.7. The van der Waals surface area contributed by atoms with E-state index in [1.807, 2.05) is 27.7 Å². The summed E-state index contributed by atoms with van der Waals surface area (Å²) in [6.07, 6.45) is 4.33. The number of allylic oxidation sites excluding steroid dienone is 2. The number of rotatable bonds is 8. The Hall–Kier alpha value is -0.920. The maximum absolute atomic E-state index is 11.8. The van der Waals surface area contributed by atoms with Crippen LogP contribution in [0.5, 0.6) is 0 Å². The van der Waals surface area contributed by atoms with E-state index < -0.39 is 0 Å². The van der Waals surface area contributed by atoms with Crippen molar-refractivity contribution in [1.29, 1.82) is 0 Å². The smallest absolute Gasteiger partial charge is 0.158 e. The van der Waals surface area contributed by atoms with E-state index in [9.17, 15) is 9.59 Å². The Labute approximate surface area is 99.1 Å². The molecule has 0 bridgehead atoms. The largest absolute Gasteiger partial charge is 0.295 e. The van der Waals surface area contributed by atoms with Crippen molar-refractivity contribution in [3.05, 3.63) is 11.1 Å². The van der Waals surface area contributed by atoms with E-state index in [-0.39, 0.29) is 11.6 Å². The van der Waals surface area contributed by atoms with E-state index in [0.29, 0.717) is 12.8 Å². The minimum Gasteiger partial charge on any atom is -0.295 e. The molecule has 0 rings (SSSR count). The molecule has 0 fully saturated rings. The lowest BCUT2D eigenvalue weighted by Gasteiger charge is -2.11. The normalized spacial score (nSPS) is 12.2. The lowest BCUT2D eigenvalue weighted by molar-refractivity contribution is -0.118. The maximum Gasteiger partial charge on any atom is 0.158 e. The molecule has 0 aromatic carbocycles. The number of ketones is 2. The van der Waals surface area contributed by atoms with Gasteiger partial charge >= 0.3 is 0 Å². The fraction of sp³-hybridized carbons (Fsp3) is 0.714. The Balaban J connectivity index is 5.24. The van der Waals surface area contributed by atoms with E-state index in [0.717, 1.165) is 36.8 Å². The van der Waals surface area contributed by atoms with Crippen molar-refractivity contribution in [3.63, 3.8) is 0 Å². The van der Waals surface area contributed by atoms with Gasteiger partial charge in [-0.05, 0) is 12.8 Å². The van der Waals surface area contributed by atoms with Gasteiger partial charge in [0.15, 0.2) is 11.6 Å². The third-order valence-corrected chi connectivity index (χ3v) is 2.68. The zero-order chi connectivity index (χ0) is 12.6. The highest BCUT2D eigenvalue weighted by atomic mass is 16.1. The molecule has 0 saturated heterocycles. The highest BCUT2D eigenvalue weighted by molar-refractivity contribution is 6.06. The summed E-state index contributed by atoms with van der Waals surface area (Å²) in [5.41, 5.74) is 1.58. The first-order valence-corrected chi connectivity index (χ1v) is 6.40. The van der Waals surface area contributed by atoms with Gasteiger partial charge in [-0.2, -0.15) is 0 Å². The SMILES string of the molecule is CCCC(C(=O)CC)=C(CCC)C(=O)CC. The first kappa shape index (κ1) is 15.1. The van der Waals surface area contributed by atoms with Gasteiger partial charge in [0.25, 0.3) is 0 Å². The van der Waals surface area contributed by atoms with Crippen LogP contribution in [0.1, 0.15) is 66.2 Å². The summed E-state index contributed by atoms with van der Waals surface area (Å²) in [5.74, 6) is 0.291. The van der Waals surface area contributed by atoms with Crippen LogP contribution < -0.4 is 0 Å². The predicted octanol–water partition coefficient (Wildman–Crippen LogP) is 3.84. The molecule has 0 aromatic rings. The summed E-state index contributed by atoms with van der Waals surface area (Å²) in [6.45, 7) is 7.81. The number of hydrogen-bond donors (Lipinski definition) is 0. The second-order valence-electron chi connectivity index (χ2n) is 4.01. The van der Waals surface area contributed by atoms with Crippen molar-refractivity contribution < 1.29 is 9.59 Å². The molecule has 0 unspecified atom stereocenters. The van der Waals surface area contributed by atoms with E-state index >= 15 is 0 Å². The second kappa shape index (κ2) is 8.26. The van der Waals surface area contributed by atoms with Crippen LogP contribution in [-0.2, 0) is 9.59 Å². The average Bonchev–Trinajstić information content (AvgIpc) is 2.31. The van der Waals surface area contributed by atoms with Crippen molar-refractivity contribution in [3.8, 4) is 0 Å². The number of hydrogen-bond acceptors (Lipinski definition) is 2. The quantitative estimate of drug-likeness (QED) is 0.587. The van der Waals surface area contributed by atoms with Gasteiger partial charge in [-0.1, -0.05) is 40.5 Å². The van der Waals surface area contributed by atoms with E-state index in [1.54, 1.807) is 0 Å². The van der Waals surface area contributed by atoms with Gasteiger partial charge in [-0.25, -0.2) is 0 Å². The summed E-state index contributed by atoms with van der Waals surface area (Å²) < 4.78 is 0. The fourth-order valence-electron chi connectivity index (χ4n) is 1.84. The lowest BCUT2D eigenvalue weighted by atomic mass is 9.91. The number of Topliss-reactive ketones (excluding diaryl/α,β-unsaturated/α-hetero) is 2. The first-order valence-electron chi connectivity index (χ1n) is 6.40. The number of carbonyl (C=O) groups is 2. The molecule has 0 saturated carbocycles. The van der Waals surface area contributed by atoms with Crippen LogP contribution in [0.15, 0.2) is 11.1 Å². The topological polar surface area (TPSA) is 34.1 Å². The van der Waals surface area contributed by atoms with Crippen molar-refractivity contribution in [2.75, 3.05) is 0 Å². The van der Waals surface area contributed by atoms with Crippen LogP contribution in [-0.4, -0.2) is 11.6 Å². The van der Waals surface area contributed by atoms with E-state index in [4.69, 9.17) is 0 Å². The van der Waals surface area contributed by atoms with Crippen molar-refractivity contribution >= 4 is 11.6 Å². The minimum atomic E-state index is 0.145. The molecule has 92 valence electrons. The van der Waals surface area contributed by atoms with Gasteiger partial charge in [0.2, 0.25) is 0 Å². The van der Waals surface area contributed by atoms with Gasteiger partial charge in [0.05, 0.1) is 0 Å². The third-order valence-electron chi connectivity index (χ3n) is 2.68. The molecule has 16 heavy (non-hydrogen) atoms. The van der Waals surface area contributed by atoms with Crippen molar-refractivity contribution in [1.82, 2.24) is 0 Å². The Bertz CT molecular complexity index is 246. The average molecular weight is 224 g/mol. The molecule has 0 radical (unpaired) electrons. The number of carbonyl (C=O) groups excluding carboxylic acids is 2. The highest BCUT2D eigenvalue weighted by Crippen LogP contribution is 2.20. The van der Waals surface area contributed by atoms with Gasteiger partial charge in [-0.15, -0.1) is 0 Å². The first-order chi connectivity index (χ1) is 7.62. The van der Waals surface area contributed by atoms with Gasteiger partial charge in [0.1, 0.15) is 0 Å². The van der Waals surface area contributed by atoms with Crippen LogP contribution in [0.3, 0.4) is 0 Å². The highest BCUT2D eigenvalue weighted by Gasteiger charge is 2.17. The standard InChI is InChI=1S/C14H24O2/c1-5-9-11(13(15)7-3)12(10-6-2)14(16)8-4/h5-10H2,1-4H3. The van der Waals surface area contributed by atoms with Crippen LogP contribution in [0.4, 0.5) is 0 Å². The summed E-state index contributed by atoms with van der Waals surface area (Å²) in [6, 6.07) is 0. The molecule has 0 aliphatic rings. The molecule has 0 aromatic heterocycles. The maximum atomic E-state index is 11.8. The molecule has 0 amide bonds. The fourth-order valence-corrected chi connectivity index (χ4v) is 1.84. The predicted molar refractivity (Wildman–Crippen MR) is 67.4 cm³/mol. The summed E-state index contributed by atoms with van der Waals surface area (Å²) in [5, 5.41) is 0. The Kier molecular flexibility index (Phi) is 7.78. The van der Waals surface area contributed by atoms with Crippen LogP contribution in [0.2, 0.25) is 0 Å². The molecule has 0 N–H and O–H groups in total. The van der Waals surface area contributed by atoms with Crippen LogP contribution >= 0.6 is 0 Å². The van der Waals surface area contributed by atoms with E-state index in [2.05, 4.69) is 0 Å². The summed E-state index contributed by atoms with van der Waals surface area (Å²) in [7, 11) is 0. The molecule has 2 nitrogen and oxygen atoms in total. The minimum absolute atomic E-state index is 0.145. The second-order valence-corrected chi connectivity index (χ2v) is 4.01. The molecular formula is C14H24O2. The molecule has 0 atom stereocenters. The molecule has 2 heteroatoms. The molecule has 0 aliphatic carbocycles. The Morgan fingerprint density at radius 3 is 1.19 bits per heavy atom. The van der Waals surface area contributed by atoms with Crippen LogP contribution in [0, 0.1) is 0 Å². The third kappa shape index (κ3) is 4.30. The van der Waals surface area contributed by atoms with Crippen molar-refractivity contribution in [2.45, 2.75) is 66.2 Å². The zero-order valence-electron chi connectivity index (χ0n) is 11.1. The van der Waals surface area contributed by atoms with Crippen molar-refractivity contribution in [2.24, 2.45) is 0 Å². The van der Waals surface area contributed by atoms with Gasteiger partial charge in [-0.3, -0.25) is 9.59 Å². The van der Waals surface area contributed by atoms with E-state index in [1.165, 1.54) is 0 Å². The Morgan fingerprint density at radius 2 is 1.00 bits per heavy atom. The summed E-state index contributed by atoms with van der Waals surface area (Å²) >= 11 is 0. The molecule has 0 spiro atoms.